The van der Waals surface area contributed by atoms with E-state index in [4.69, 9.17) is 4.52 Å². The average molecular weight is 380 g/mol. The average Bonchev–Trinajstić information content (AvgIpc) is 3.18. The third-order valence-corrected chi connectivity index (χ3v) is 4.49. The second kappa shape index (κ2) is 7.22. The third-order valence-electron chi connectivity index (χ3n) is 4.49. The van der Waals surface area contributed by atoms with Gasteiger partial charge in [-0.2, -0.15) is 4.98 Å². The number of fused-ring (bicyclic) bond motifs is 1. The van der Waals surface area contributed by atoms with Crippen LogP contribution in [0.2, 0.25) is 0 Å². The molecular weight excluding hydrogens is 363 g/mol. The number of aromatic nitrogens is 4. The maximum Gasteiger partial charge on any atom is 0.328 e. The highest BCUT2D eigenvalue weighted by Gasteiger charge is 2.13. The molecule has 0 amide bonds. The van der Waals surface area contributed by atoms with Crippen LogP contribution in [0, 0.1) is 5.82 Å². The van der Waals surface area contributed by atoms with Gasteiger partial charge in [-0.05, 0) is 48.9 Å². The van der Waals surface area contributed by atoms with E-state index < -0.39 is 5.69 Å². The third kappa shape index (κ3) is 3.24. The molecule has 8 heteroatoms. The summed E-state index contributed by atoms with van der Waals surface area (Å²) in [4.78, 5) is 31.9. The van der Waals surface area contributed by atoms with E-state index in [9.17, 15) is 14.0 Å². The lowest BCUT2D eigenvalue weighted by molar-refractivity contribution is 0.432. The molecule has 0 saturated carbocycles. The van der Waals surface area contributed by atoms with Crippen LogP contribution in [-0.2, 0) is 6.54 Å². The number of rotatable bonds is 5. The molecule has 0 unspecified atom stereocenters. The highest BCUT2D eigenvalue weighted by atomic mass is 19.1. The fourth-order valence-electron chi connectivity index (χ4n) is 2.96. The normalized spacial score (nSPS) is 11.2. The van der Waals surface area contributed by atoms with Gasteiger partial charge in [0.15, 0.2) is 0 Å². The number of hydrogen-bond donors (Lipinski definition) is 1. The molecule has 142 valence electrons. The molecule has 1 N–H and O–H groups in total. The van der Waals surface area contributed by atoms with E-state index in [2.05, 4.69) is 15.1 Å². The van der Waals surface area contributed by atoms with Gasteiger partial charge in [0.05, 0.1) is 10.9 Å². The first-order valence-electron chi connectivity index (χ1n) is 8.93. The van der Waals surface area contributed by atoms with Gasteiger partial charge in [0.1, 0.15) is 5.82 Å². The minimum Gasteiger partial charge on any atom is -0.334 e. The molecule has 2 aromatic carbocycles. The molecule has 0 spiro atoms. The van der Waals surface area contributed by atoms with E-state index >= 15 is 0 Å². The highest BCUT2D eigenvalue weighted by Crippen LogP contribution is 2.24. The van der Waals surface area contributed by atoms with E-state index in [1.807, 2.05) is 6.92 Å². The van der Waals surface area contributed by atoms with Crippen LogP contribution in [0.25, 0.3) is 33.7 Å². The van der Waals surface area contributed by atoms with Crippen molar-refractivity contribution in [2.75, 3.05) is 0 Å². The predicted octanol–water partition coefficient (Wildman–Crippen LogP) is 3.35. The molecule has 28 heavy (non-hydrogen) atoms. The number of halogens is 1. The summed E-state index contributed by atoms with van der Waals surface area (Å²) in [5.74, 6) is 0.200. The fourth-order valence-corrected chi connectivity index (χ4v) is 2.96. The molecule has 0 fully saturated rings. The van der Waals surface area contributed by atoms with E-state index in [1.165, 1.54) is 16.7 Å². The first-order valence-corrected chi connectivity index (χ1v) is 8.93. The summed E-state index contributed by atoms with van der Waals surface area (Å²) in [5.41, 5.74) is 0.817. The molecule has 0 saturated heterocycles. The zero-order chi connectivity index (χ0) is 19.7. The van der Waals surface area contributed by atoms with Crippen LogP contribution in [0.4, 0.5) is 4.39 Å². The Labute approximate surface area is 158 Å². The first-order chi connectivity index (χ1) is 13.6. The fraction of sp³-hybridized carbons (Fsp3) is 0.200. The van der Waals surface area contributed by atoms with Gasteiger partial charge in [-0.15, -0.1) is 0 Å². The van der Waals surface area contributed by atoms with Crippen molar-refractivity contribution in [1.82, 2.24) is 19.7 Å². The smallest absolute Gasteiger partial charge is 0.328 e. The Morgan fingerprint density at radius 2 is 1.86 bits per heavy atom. The van der Waals surface area contributed by atoms with Crippen LogP contribution in [0.1, 0.15) is 19.8 Å². The van der Waals surface area contributed by atoms with Crippen LogP contribution in [0.15, 0.2) is 56.6 Å². The van der Waals surface area contributed by atoms with Crippen molar-refractivity contribution in [2.45, 2.75) is 26.3 Å². The topological polar surface area (TPSA) is 93.8 Å². The monoisotopic (exact) mass is 380 g/mol. The number of benzene rings is 2. The van der Waals surface area contributed by atoms with Crippen molar-refractivity contribution in [3.8, 4) is 22.8 Å². The van der Waals surface area contributed by atoms with Crippen LogP contribution < -0.4 is 11.2 Å². The van der Waals surface area contributed by atoms with Crippen LogP contribution in [0.5, 0.6) is 0 Å². The summed E-state index contributed by atoms with van der Waals surface area (Å²) in [6.45, 7) is 2.38. The Morgan fingerprint density at radius 1 is 1.11 bits per heavy atom. The Hall–Kier alpha value is -3.55. The number of nitrogens with one attached hydrogen (secondary N) is 1. The quantitative estimate of drug-likeness (QED) is 0.573. The van der Waals surface area contributed by atoms with Crippen molar-refractivity contribution in [3.63, 3.8) is 0 Å². The van der Waals surface area contributed by atoms with Crippen LogP contribution >= 0.6 is 0 Å². The van der Waals surface area contributed by atoms with Crippen LogP contribution in [-0.4, -0.2) is 19.7 Å². The first kappa shape index (κ1) is 17.8. The van der Waals surface area contributed by atoms with Crippen molar-refractivity contribution in [1.29, 1.82) is 0 Å². The summed E-state index contributed by atoms with van der Waals surface area (Å²) in [5, 5.41) is 4.32. The van der Waals surface area contributed by atoms with Gasteiger partial charge in [0.25, 0.3) is 11.4 Å². The standard InChI is InChI=1S/C20H17FN4O3/c1-2-3-10-25-19(26)15-9-6-13(11-16(15)22-20(25)27)18-23-17(24-28-18)12-4-7-14(21)8-5-12/h4-9,11H,2-3,10H2,1H3,(H,22,27). The molecule has 0 aliphatic heterocycles. The Kier molecular flexibility index (Phi) is 4.60. The van der Waals surface area contributed by atoms with Crippen molar-refractivity contribution in [2.24, 2.45) is 0 Å². The van der Waals surface area contributed by atoms with E-state index in [0.717, 1.165) is 12.8 Å². The molecule has 2 heterocycles. The number of aromatic amines is 1. The largest absolute Gasteiger partial charge is 0.334 e. The number of unbranched alkanes of at least 4 members (excludes halogenated alkanes) is 1. The van der Waals surface area contributed by atoms with Gasteiger partial charge in [-0.25, -0.2) is 9.18 Å². The predicted molar refractivity (Wildman–Crippen MR) is 102 cm³/mol. The van der Waals surface area contributed by atoms with E-state index in [0.29, 0.717) is 34.4 Å². The molecule has 0 radical (unpaired) electrons. The van der Waals surface area contributed by atoms with E-state index in [-0.39, 0.29) is 17.3 Å². The van der Waals surface area contributed by atoms with Gasteiger partial charge in [-0.1, -0.05) is 18.5 Å². The maximum atomic E-state index is 13.1. The second-order valence-corrected chi connectivity index (χ2v) is 6.43. The SMILES string of the molecule is CCCCn1c(=O)[nH]c2cc(-c3nc(-c4ccc(F)cc4)no3)ccc2c1=O. The lowest BCUT2D eigenvalue weighted by Gasteiger charge is -2.06. The number of H-pyrrole nitrogens is 1. The molecule has 0 atom stereocenters. The minimum atomic E-state index is -0.444. The van der Waals surface area contributed by atoms with Gasteiger partial charge in [0.2, 0.25) is 5.82 Å². The summed E-state index contributed by atoms with van der Waals surface area (Å²) in [6.07, 6.45) is 1.64. The summed E-state index contributed by atoms with van der Waals surface area (Å²) in [6, 6.07) is 10.7. The number of nitrogens with zero attached hydrogens (tertiary/aromatic N) is 3. The van der Waals surface area contributed by atoms with Crippen molar-refractivity contribution < 1.29 is 8.91 Å². The minimum absolute atomic E-state index is 0.234. The Balaban J connectivity index is 1.73. The zero-order valence-electron chi connectivity index (χ0n) is 15.1. The Bertz CT molecular complexity index is 1260. The van der Waals surface area contributed by atoms with Crippen molar-refractivity contribution in [3.05, 3.63) is 69.1 Å². The van der Waals surface area contributed by atoms with Gasteiger partial charge >= 0.3 is 5.69 Å². The van der Waals surface area contributed by atoms with Gasteiger partial charge < -0.3 is 9.51 Å². The highest BCUT2D eigenvalue weighted by molar-refractivity contribution is 5.82. The zero-order valence-corrected chi connectivity index (χ0v) is 15.1. The van der Waals surface area contributed by atoms with Crippen molar-refractivity contribution >= 4 is 10.9 Å². The molecular formula is C20H17FN4O3. The Morgan fingerprint density at radius 3 is 2.61 bits per heavy atom. The molecule has 0 aliphatic carbocycles. The lowest BCUT2D eigenvalue weighted by Crippen LogP contribution is -2.35. The number of hydrogen-bond acceptors (Lipinski definition) is 5. The molecule has 4 rings (SSSR count). The summed E-state index contributed by atoms with van der Waals surface area (Å²) in [7, 11) is 0. The van der Waals surface area contributed by atoms with Crippen LogP contribution in [0.3, 0.4) is 0 Å². The lowest BCUT2D eigenvalue weighted by atomic mass is 10.1. The molecule has 7 nitrogen and oxygen atoms in total. The van der Waals surface area contributed by atoms with E-state index in [1.54, 1.807) is 30.3 Å². The summed E-state index contributed by atoms with van der Waals surface area (Å²) >= 11 is 0. The second-order valence-electron chi connectivity index (χ2n) is 6.43. The molecule has 4 aromatic rings. The molecule has 0 bridgehead atoms. The van der Waals surface area contributed by atoms with Gasteiger partial charge in [0, 0.05) is 17.7 Å². The molecule has 2 aromatic heterocycles. The van der Waals surface area contributed by atoms with Gasteiger partial charge in [-0.3, -0.25) is 9.36 Å². The molecule has 0 aliphatic rings. The summed E-state index contributed by atoms with van der Waals surface area (Å²) < 4.78 is 19.6. The maximum absolute atomic E-state index is 13.1.